The Morgan fingerprint density at radius 3 is 2.23 bits per heavy atom. The Bertz CT molecular complexity index is 839. The van der Waals surface area contributed by atoms with Crippen molar-refractivity contribution in [3.63, 3.8) is 0 Å². The summed E-state index contributed by atoms with van der Waals surface area (Å²) in [6.45, 7) is 1.57. The first-order valence-electron chi connectivity index (χ1n) is 11.6. The van der Waals surface area contributed by atoms with Gasteiger partial charge in [-0.2, -0.15) is 0 Å². The van der Waals surface area contributed by atoms with Crippen LogP contribution in [-0.4, -0.2) is 42.6 Å². The SMILES string of the molecule is O=C(c1ccc2c(c1)OCO2)N1CCC(NC(=O)C23CC4CC(CC(C4)C2)C3)CC1. The smallest absolute Gasteiger partial charge is 0.253 e. The third-order valence-electron chi connectivity index (χ3n) is 8.26. The molecule has 1 saturated heterocycles. The fourth-order valence-electron chi connectivity index (χ4n) is 7.17. The van der Waals surface area contributed by atoms with Gasteiger partial charge in [0.15, 0.2) is 11.5 Å². The van der Waals surface area contributed by atoms with E-state index in [-0.39, 0.29) is 24.2 Å². The standard InChI is InChI=1S/C24H30N2O4/c27-22(18-1-2-20-21(10-18)30-14-29-20)26-5-3-19(4-6-26)25-23(28)24-11-15-7-16(12-24)9-17(8-15)13-24/h1-2,10,15-17,19H,3-9,11-14H2,(H,25,28). The molecule has 7 rings (SSSR count). The number of carbonyl (C=O) groups excluding carboxylic acids is 2. The Kier molecular flexibility index (Phi) is 4.26. The fraction of sp³-hybridized carbons (Fsp3) is 0.667. The molecule has 5 fully saturated rings. The number of nitrogens with zero attached hydrogens (tertiary/aromatic N) is 1. The molecule has 1 aromatic carbocycles. The summed E-state index contributed by atoms with van der Waals surface area (Å²) in [4.78, 5) is 28.1. The van der Waals surface area contributed by atoms with Crippen LogP contribution in [0.4, 0.5) is 0 Å². The molecule has 0 aromatic heterocycles. The number of hydrogen-bond acceptors (Lipinski definition) is 4. The van der Waals surface area contributed by atoms with Gasteiger partial charge in [0.05, 0.1) is 0 Å². The van der Waals surface area contributed by atoms with E-state index in [2.05, 4.69) is 5.32 Å². The van der Waals surface area contributed by atoms with E-state index in [9.17, 15) is 9.59 Å². The molecule has 1 N–H and O–H groups in total. The first-order chi connectivity index (χ1) is 14.6. The minimum atomic E-state index is -0.0891. The van der Waals surface area contributed by atoms with E-state index in [0.29, 0.717) is 36.1 Å². The lowest BCUT2D eigenvalue weighted by molar-refractivity contribution is -0.147. The van der Waals surface area contributed by atoms with Crippen LogP contribution in [-0.2, 0) is 4.79 Å². The Labute approximate surface area is 177 Å². The molecule has 6 aliphatic rings. The molecular formula is C24H30N2O4. The quantitative estimate of drug-likeness (QED) is 0.830. The molecule has 4 saturated carbocycles. The van der Waals surface area contributed by atoms with Crippen molar-refractivity contribution in [2.24, 2.45) is 23.2 Å². The van der Waals surface area contributed by atoms with Gasteiger partial charge in [-0.15, -0.1) is 0 Å². The zero-order chi connectivity index (χ0) is 20.3. The first-order valence-corrected chi connectivity index (χ1v) is 11.6. The molecule has 2 heterocycles. The number of amides is 2. The Morgan fingerprint density at radius 2 is 1.57 bits per heavy atom. The van der Waals surface area contributed by atoms with Crippen molar-refractivity contribution in [3.8, 4) is 11.5 Å². The van der Waals surface area contributed by atoms with Gasteiger partial charge in [0.2, 0.25) is 12.7 Å². The molecule has 2 amide bonds. The normalized spacial score (nSPS) is 34.3. The van der Waals surface area contributed by atoms with E-state index < -0.39 is 0 Å². The average molecular weight is 411 g/mol. The lowest BCUT2D eigenvalue weighted by Crippen LogP contribution is -2.56. The van der Waals surface area contributed by atoms with Gasteiger partial charge < -0.3 is 19.7 Å². The van der Waals surface area contributed by atoms with Gasteiger partial charge in [-0.3, -0.25) is 9.59 Å². The van der Waals surface area contributed by atoms with E-state index in [4.69, 9.17) is 9.47 Å². The van der Waals surface area contributed by atoms with Crippen molar-refractivity contribution in [1.82, 2.24) is 10.2 Å². The molecule has 160 valence electrons. The van der Waals surface area contributed by atoms with Crippen molar-refractivity contribution in [1.29, 1.82) is 0 Å². The maximum atomic E-state index is 13.3. The van der Waals surface area contributed by atoms with Crippen molar-refractivity contribution < 1.29 is 19.1 Å². The van der Waals surface area contributed by atoms with Crippen LogP contribution in [0.2, 0.25) is 0 Å². The molecule has 4 bridgehead atoms. The largest absolute Gasteiger partial charge is 0.454 e. The van der Waals surface area contributed by atoms with Crippen LogP contribution in [0.25, 0.3) is 0 Å². The van der Waals surface area contributed by atoms with Gasteiger partial charge in [-0.1, -0.05) is 0 Å². The highest BCUT2D eigenvalue weighted by molar-refractivity contribution is 5.95. The van der Waals surface area contributed by atoms with E-state index in [0.717, 1.165) is 49.9 Å². The average Bonchev–Trinajstić information content (AvgIpc) is 3.21. The molecule has 4 aliphatic carbocycles. The van der Waals surface area contributed by atoms with Crippen molar-refractivity contribution in [2.75, 3.05) is 19.9 Å². The summed E-state index contributed by atoms with van der Waals surface area (Å²) in [6.07, 6.45) is 9.03. The van der Waals surface area contributed by atoms with Crippen molar-refractivity contribution >= 4 is 11.8 Å². The van der Waals surface area contributed by atoms with Gasteiger partial charge in [-0.05, 0) is 87.3 Å². The third-order valence-corrected chi connectivity index (χ3v) is 8.26. The molecule has 0 atom stereocenters. The number of benzene rings is 1. The van der Waals surface area contributed by atoms with Crippen LogP contribution in [0.5, 0.6) is 11.5 Å². The molecule has 1 aromatic rings. The lowest BCUT2D eigenvalue weighted by Gasteiger charge is -2.56. The number of nitrogens with one attached hydrogen (secondary N) is 1. The van der Waals surface area contributed by atoms with E-state index in [1.54, 1.807) is 18.2 Å². The summed E-state index contributed by atoms with van der Waals surface area (Å²) < 4.78 is 10.7. The van der Waals surface area contributed by atoms with Gasteiger partial charge in [0.25, 0.3) is 5.91 Å². The van der Waals surface area contributed by atoms with Gasteiger partial charge in [0.1, 0.15) is 0 Å². The molecular weight excluding hydrogens is 380 g/mol. The van der Waals surface area contributed by atoms with Crippen LogP contribution in [0, 0.1) is 23.2 Å². The van der Waals surface area contributed by atoms with Crippen LogP contribution in [0.15, 0.2) is 18.2 Å². The molecule has 6 nitrogen and oxygen atoms in total. The second-order valence-corrected chi connectivity index (χ2v) is 10.3. The molecule has 6 heteroatoms. The number of hydrogen-bond donors (Lipinski definition) is 1. The van der Waals surface area contributed by atoms with Crippen LogP contribution < -0.4 is 14.8 Å². The molecule has 30 heavy (non-hydrogen) atoms. The first kappa shape index (κ1) is 18.5. The number of likely N-dealkylation sites (tertiary alicyclic amines) is 1. The Morgan fingerprint density at radius 1 is 0.933 bits per heavy atom. The predicted octanol–water partition coefficient (Wildman–Crippen LogP) is 3.35. The summed E-state index contributed by atoms with van der Waals surface area (Å²) in [5.74, 6) is 4.01. The number of rotatable bonds is 3. The third kappa shape index (κ3) is 3.07. The highest BCUT2D eigenvalue weighted by atomic mass is 16.7. The molecule has 0 unspecified atom stereocenters. The molecule has 0 spiro atoms. The topological polar surface area (TPSA) is 67.9 Å². The number of fused-ring (bicyclic) bond motifs is 1. The maximum absolute atomic E-state index is 13.3. The van der Waals surface area contributed by atoms with E-state index in [1.165, 1.54) is 19.3 Å². The number of piperidine rings is 1. The van der Waals surface area contributed by atoms with Crippen molar-refractivity contribution in [3.05, 3.63) is 23.8 Å². The predicted molar refractivity (Wildman–Crippen MR) is 110 cm³/mol. The summed E-state index contributed by atoms with van der Waals surface area (Å²) in [6, 6.07) is 5.56. The summed E-state index contributed by atoms with van der Waals surface area (Å²) in [7, 11) is 0. The summed E-state index contributed by atoms with van der Waals surface area (Å²) in [5, 5.41) is 3.40. The monoisotopic (exact) mass is 410 g/mol. The van der Waals surface area contributed by atoms with E-state index in [1.807, 2.05) is 4.90 Å². The van der Waals surface area contributed by atoms with Crippen molar-refractivity contribution in [2.45, 2.75) is 57.4 Å². The number of carbonyl (C=O) groups is 2. The zero-order valence-corrected chi connectivity index (χ0v) is 17.4. The highest BCUT2D eigenvalue weighted by Crippen LogP contribution is 2.60. The van der Waals surface area contributed by atoms with Crippen LogP contribution in [0.3, 0.4) is 0 Å². The summed E-state index contributed by atoms with van der Waals surface area (Å²) >= 11 is 0. The minimum Gasteiger partial charge on any atom is -0.454 e. The highest BCUT2D eigenvalue weighted by Gasteiger charge is 2.54. The summed E-state index contributed by atoms with van der Waals surface area (Å²) in [5.41, 5.74) is 0.545. The van der Waals surface area contributed by atoms with E-state index >= 15 is 0 Å². The van der Waals surface area contributed by atoms with Gasteiger partial charge in [-0.25, -0.2) is 0 Å². The van der Waals surface area contributed by atoms with Gasteiger partial charge >= 0.3 is 0 Å². The fourth-order valence-corrected chi connectivity index (χ4v) is 7.17. The second-order valence-electron chi connectivity index (χ2n) is 10.3. The van der Waals surface area contributed by atoms with Gasteiger partial charge in [0, 0.05) is 30.1 Å². The lowest BCUT2D eigenvalue weighted by atomic mass is 9.49. The molecule has 2 aliphatic heterocycles. The second kappa shape index (κ2) is 6.89. The maximum Gasteiger partial charge on any atom is 0.253 e. The zero-order valence-electron chi connectivity index (χ0n) is 17.4. The minimum absolute atomic E-state index is 0.0270. The Hall–Kier alpha value is -2.24. The van der Waals surface area contributed by atoms with Crippen LogP contribution in [0.1, 0.15) is 61.7 Å². The molecule has 0 radical (unpaired) electrons. The van der Waals surface area contributed by atoms with Crippen LogP contribution >= 0.6 is 0 Å². The number of ether oxygens (including phenoxy) is 2. The Balaban J connectivity index is 1.06.